The van der Waals surface area contributed by atoms with Crippen LogP contribution in [0.2, 0.25) is 0 Å². The zero-order valence-corrected chi connectivity index (χ0v) is 17.4. The van der Waals surface area contributed by atoms with Gasteiger partial charge in [-0.3, -0.25) is 4.79 Å². The summed E-state index contributed by atoms with van der Waals surface area (Å²) >= 11 is 1.20. The van der Waals surface area contributed by atoms with Crippen LogP contribution in [0.3, 0.4) is 0 Å². The molecule has 0 aliphatic carbocycles. The Morgan fingerprint density at radius 1 is 1.20 bits per heavy atom. The minimum absolute atomic E-state index is 0.0280. The van der Waals surface area contributed by atoms with Crippen LogP contribution in [0.4, 0.5) is 4.39 Å². The number of amides is 1. The van der Waals surface area contributed by atoms with Crippen molar-refractivity contribution >= 4 is 17.7 Å². The average molecular weight is 430 g/mol. The van der Waals surface area contributed by atoms with Gasteiger partial charge in [-0.2, -0.15) is 0 Å². The van der Waals surface area contributed by atoms with Crippen molar-refractivity contribution in [1.82, 2.24) is 20.2 Å². The van der Waals surface area contributed by atoms with Crippen LogP contribution in [0.25, 0.3) is 0 Å². The summed E-state index contributed by atoms with van der Waals surface area (Å²) in [7, 11) is 0. The number of aromatic nitrogens is 3. The van der Waals surface area contributed by atoms with Gasteiger partial charge in [0.25, 0.3) is 0 Å². The Hall–Kier alpha value is -3.07. The van der Waals surface area contributed by atoms with Gasteiger partial charge in [-0.25, -0.2) is 9.07 Å². The van der Waals surface area contributed by atoms with Gasteiger partial charge in [-0.05, 0) is 36.2 Å². The van der Waals surface area contributed by atoms with Crippen molar-refractivity contribution in [3.05, 3.63) is 71.8 Å². The maximum absolute atomic E-state index is 12.9. The lowest BCUT2D eigenvalue weighted by Crippen LogP contribution is -2.30. The van der Waals surface area contributed by atoms with Gasteiger partial charge in [0.2, 0.25) is 11.1 Å². The summed E-state index contributed by atoms with van der Waals surface area (Å²) in [5.41, 5.74) is 1.08. The number of hydrogen-bond donors (Lipinski definition) is 2. The van der Waals surface area contributed by atoms with E-state index in [4.69, 9.17) is 10.6 Å². The number of ether oxygens (including phenoxy) is 1. The molecule has 3 N–H and O–H groups in total. The highest BCUT2D eigenvalue weighted by Gasteiger charge is 2.16. The van der Waals surface area contributed by atoms with Crippen molar-refractivity contribution in [2.45, 2.75) is 37.6 Å². The summed E-state index contributed by atoms with van der Waals surface area (Å²) in [6, 6.07) is 15.5. The normalized spacial score (nSPS) is 11.8. The maximum atomic E-state index is 12.9. The van der Waals surface area contributed by atoms with E-state index in [1.165, 1.54) is 40.7 Å². The van der Waals surface area contributed by atoms with Crippen LogP contribution in [-0.2, 0) is 11.4 Å². The lowest BCUT2D eigenvalue weighted by atomic mass is 10.0. The van der Waals surface area contributed by atoms with E-state index in [-0.39, 0.29) is 30.1 Å². The summed E-state index contributed by atoms with van der Waals surface area (Å²) in [5, 5.41) is 11.5. The number of benzene rings is 2. The van der Waals surface area contributed by atoms with E-state index in [2.05, 4.69) is 22.4 Å². The molecule has 2 aromatic carbocycles. The average Bonchev–Trinajstić information content (AvgIpc) is 3.11. The molecule has 0 fully saturated rings. The first-order valence-electron chi connectivity index (χ1n) is 9.61. The molecular formula is C21H24FN5O2S. The van der Waals surface area contributed by atoms with Crippen molar-refractivity contribution in [2.75, 3.05) is 11.6 Å². The highest BCUT2D eigenvalue weighted by atomic mass is 32.2. The molecule has 0 radical (unpaired) electrons. The molecule has 7 nitrogen and oxygen atoms in total. The minimum Gasteiger partial charge on any atom is -0.486 e. The molecule has 1 unspecified atom stereocenters. The fraction of sp³-hybridized carbons (Fsp3) is 0.286. The van der Waals surface area contributed by atoms with Crippen LogP contribution >= 0.6 is 11.8 Å². The number of nitrogens with two attached hydrogens (primary N) is 1. The lowest BCUT2D eigenvalue weighted by Gasteiger charge is -2.18. The summed E-state index contributed by atoms with van der Waals surface area (Å²) in [5.74, 6) is 6.64. The van der Waals surface area contributed by atoms with Crippen LogP contribution in [0.1, 0.15) is 37.2 Å². The Morgan fingerprint density at radius 2 is 1.93 bits per heavy atom. The Bertz CT molecular complexity index is 950. The molecule has 0 spiro atoms. The van der Waals surface area contributed by atoms with Crippen molar-refractivity contribution in [1.29, 1.82) is 0 Å². The van der Waals surface area contributed by atoms with E-state index >= 15 is 0 Å². The number of hydrogen-bond acceptors (Lipinski definition) is 6. The second-order valence-electron chi connectivity index (χ2n) is 6.62. The Labute approximate surface area is 178 Å². The van der Waals surface area contributed by atoms with E-state index in [0.29, 0.717) is 16.7 Å². The summed E-state index contributed by atoms with van der Waals surface area (Å²) in [6.45, 7) is 2.16. The molecule has 1 atom stereocenters. The van der Waals surface area contributed by atoms with Gasteiger partial charge < -0.3 is 15.9 Å². The zero-order valence-electron chi connectivity index (χ0n) is 16.6. The fourth-order valence-electron chi connectivity index (χ4n) is 2.85. The Morgan fingerprint density at radius 3 is 2.63 bits per heavy atom. The number of thioether (sulfide) groups is 1. The molecule has 0 aliphatic heterocycles. The second kappa shape index (κ2) is 10.6. The Kier molecular flexibility index (Phi) is 7.67. The van der Waals surface area contributed by atoms with Gasteiger partial charge in [-0.15, -0.1) is 10.2 Å². The highest BCUT2D eigenvalue weighted by Crippen LogP contribution is 2.20. The van der Waals surface area contributed by atoms with E-state index in [1.54, 1.807) is 0 Å². The van der Waals surface area contributed by atoms with Gasteiger partial charge in [0.1, 0.15) is 18.2 Å². The third-order valence-electron chi connectivity index (χ3n) is 4.36. The SMILES string of the molecule is CCCC(NC(=O)CSc1nnc(COc2ccc(F)cc2)n1N)c1ccccc1. The predicted octanol–water partition coefficient (Wildman–Crippen LogP) is 3.46. The van der Waals surface area contributed by atoms with Crippen LogP contribution in [0.5, 0.6) is 5.75 Å². The summed E-state index contributed by atoms with van der Waals surface area (Å²) in [6.07, 6.45) is 1.82. The van der Waals surface area contributed by atoms with Gasteiger partial charge in [-0.1, -0.05) is 55.4 Å². The number of nitrogens with one attached hydrogen (secondary N) is 1. The first-order valence-corrected chi connectivity index (χ1v) is 10.6. The number of carbonyl (C=O) groups excluding carboxylic acids is 1. The number of nitrogens with zero attached hydrogens (tertiary/aromatic N) is 3. The van der Waals surface area contributed by atoms with E-state index in [9.17, 15) is 9.18 Å². The first kappa shape index (κ1) is 21.6. The fourth-order valence-corrected chi connectivity index (χ4v) is 3.53. The van der Waals surface area contributed by atoms with Crippen molar-refractivity contribution in [3.63, 3.8) is 0 Å². The van der Waals surface area contributed by atoms with Crippen LogP contribution < -0.4 is 15.9 Å². The largest absolute Gasteiger partial charge is 0.486 e. The predicted molar refractivity (Wildman–Crippen MR) is 114 cm³/mol. The first-order chi connectivity index (χ1) is 14.6. The molecule has 30 heavy (non-hydrogen) atoms. The molecule has 0 saturated heterocycles. The molecular weight excluding hydrogens is 405 g/mol. The van der Waals surface area contributed by atoms with E-state index in [0.717, 1.165) is 18.4 Å². The maximum Gasteiger partial charge on any atom is 0.230 e. The minimum atomic E-state index is -0.338. The topological polar surface area (TPSA) is 95.1 Å². The monoisotopic (exact) mass is 429 g/mol. The second-order valence-corrected chi connectivity index (χ2v) is 7.56. The molecule has 0 aliphatic rings. The van der Waals surface area contributed by atoms with Crippen LogP contribution in [0.15, 0.2) is 59.8 Å². The molecule has 3 aromatic rings. The molecule has 0 bridgehead atoms. The molecule has 9 heteroatoms. The van der Waals surface area contributed by atoms with Gasteiger partial charge in [0.05, 0.1) is 11.8 Å². The molecule has 158 valence electrons. The molecule has 1 heterocycles. The molecule has 3 rings (SSSR count). The van der Waals surface area contributed by atoms with E-state index < -0.39 is 0 Å². The van der Waals surface area contributed by atoms with Crippen molar-refractivity contribution in [3.8, 4) is 5.75 Å². The molecule has 1 amide bonds. The third-order valence-corrected chi connectivity index (χ3v) is 5.31. The zero-order chi connectivity index (χ0) is 21.3. The number of carbonyl (C=O) groups is 1. The van der Waals surface area contributed by atoms with Gasteiger partial charge in [0, 0.05) is 0 Å². The third kappa shape index (κ3) is 5.96. The van der Waals surface area contributed by atoms with Crippen molar-refractivity contribution < 1.29 is 13.9 Å². The number of nitrogen functional groups attached to an aromatic ring is 1. The number of halogens is 1. The summed E-state index contributed by atoms with van der Waals surface area (Å²) < 4.78 is 19.8. The molecule has 0 saturated carbocycles. The number of rotatable bonds is 10. The highest BCUT2D eigenvalue weighted by molar-refractivity contribution is 7.99. The molecule has 1 aromatic heterocycles. The van der Waals surface area contributed by atoms with Gasteiger partial charge in [0.15, 0.2) is 5.82 Å². The smallest absolute Gasteiger partial charge is 0.230 e. The lowest BCUT2D eigenvalue weighted by molar-refractivity contribution is -0.119. The standard InChI is InChI=1S/C21H24FN5O2S/c1-2-6-18(15-7-4-3-5-8-15)24-20(28)14-30-21-26-25-19(27(21)23)13-29-17-11-9-16(22)10-12-17/h3-5,7-12,18H,2,6,13-14,23H2,1H3,(H,24,28). The quantitative estimate of drug-likeness (QED) is 0.379. The van der Waals surface area contributed by atoms with Crippen molar-refractivity contribution in [2.24, 2.45) is 0 Å². The van der Waals surface area contributed by atoms with Gasteiger partial charge >= 0.3 is 0 Å². The van der Waals surface area contributed by atoms with Crippen LogP contribution in [0, 0.1) is 5.82 Å². The summed E-state index contributed by atoms with van der Waals surface area (Å²) in [4.78, 5) is 12.4. The van der Waals surface area contributed by atoms with E-state index in [1.807, 2.05) is 30.3 Å². The van der Waals surface area contributed by atoms with Crippen LogP contribution in [-0.4, -0.2) is 26.5 Å². The Balaban J connectivity index is 1.52.